The summed E-state index contributed by atoms with van der Waals surface area (Å²) < 4.78 is 5.92. The van der Waals surface area contributed by atoms with Crippen molar-refractivity contribution in [2.75, 3.05) is 13.7 Å². The van der Waals surface area contributed by atoms with Gasteiger partial charge in [-0.2, -0.15) is 0 Å². The molecule has 138 valence electrons. The summed E-state index contributed by atoms with van der Waals surface area (Å²) in [6.07, 6.45) is 7.23. The molecule has 5 heteroatoms. The minimum atomic E-state index is -0.219. The Morgan fingerprint density at radius 3 is 2.81 bits per heavy atom. The van der Waals surface area contributed by atoms with Crippen LogP contribution in [0.1, 0.15) is 36.8 Å². The molecule has 2 heterocycles. The number of nitrogens with zero attached hydrogens (tertiary/aromatic N) is 3. The van der Waals surface area contributed by atoms with Crippen LogP contribution in [-0.4, -0.2) is 51.4 Å². The molecule has 26 heavy (non-hydrogen) atoms. The first kappa shape index (κ1) is 17.6. The Morgan fingerprint density at radius 2 is 2.08 bits per heavy atom. The summed E-state index contributed by atoms with van der Waals surface area (Å²) in [6, 6.07) is 8.52. The molecule has 2 aliphatic rings. The summed E-state index contributed by atoms with van der Waals surface area (Å²) in [5, 5.41) is 10.1. The monoisotopic (exact) mass is 353 g/mol. The van der Waals surface area contributed by atoms with Crippen molar-refractivity contribution >= 4 is 0 Å². The summed E-state index contributed by atoms with van der Waals surface area (Å²) in [5.74, 6) is 0.762. The van der Waals surface area contributed by atoms with Gasteiger partial charge in [0.25, 0.3) is 0 Å². The fraction of sp³-hybridized carbons (Fsp3) is 0.524. The van der Waals surface area contributed by atoms with E-state index in [1.807, 2.05) is 31.6 Å². The molecular weight excluding hydrogens is 326 g/mol. The van der Waals surface area contributed by atoms with Crippen LogP contribution in [0.2, 0.25) is 0 Å². The van der Waals surface area contributed by atoms with Gasteiger partial charge in [-0.1, -0.05) is 23.8 Å². The van der Waals surface area contributed by atoms with Crippen LogP contribution < -0.4 is 0 Å². The van der Waals surface area contributed by atoms with Gasteiger partial charge in [-0.15, -0.1) is 0 Å². The summed E-state index contributed by atoms with van der Waals surface area (Å²) in [7, 11) is 1.81. The van der Waals surface area contributed by atoms with E-state index >= 15 is 0 Å². The van der Waals surface area contributed by atoms with Crippen LogP contribution in [0.4, 0.5) is 0 Å². The van der Waals surface area contributed by atoms with E-state index < -0.39 is 0 Å². The van der Waals surface area contributed by atoms with Gasteiger partial charge < -0.3 is 9.84 Å². The van der Waals surface area contributed by atoms with E-state index in [9.17, 15) is 5.11 Å². The highest BCUT2D eigenvalue weighted by Crippen LogP contribution is 2.42. The zero-order valence-corrected chi connectivity index (χ0v) is 15.6. The molecule has 1 aromatic heterocycles. The van der Waals surface area contributed by atoms with Crippen LogP contribution in [0, 0.1) is 6.92 Å². The zero-order valence-electron chi connectivity index (χ0n) is 15.6. The fourth-order valence-electron chi connectivity index (χ4n) is 4.56. The maximum Gasteiger partial charge on any atom is 0.159 e. The number of ether oxygens (including phenoxy) is 1. The Kier molecular flexibility index (Phi) is 4.78. The van der Waals surface area contributed by atoms with Crippen molar-refractivity contribution < 1.29 is 9.84 Å². The van der Waals surface area contributed by atoms with Crippen molar-refractivity contribution in [1.29, 1.82) is 0 Å². The highest BCUT2D eigenvalue weighted by atomic mass is 16.5. The largest absolute Gasteiger partial charge is 0.393 e. The molecule has 1 saturated carbocycles. The predicted molar refractivity (Wildman–Crippen MR) is 101 cm³/mol. The number of benzene rings is 1. The van der Waals surface area contributed by atoms with Crippen molar-refractivity contribution in [3.63, 3.8) is 0 Å². The third kappa shape index (κ3) is 3.27. The molecule has 0 amide bonds. The van der Waals surface area contributed by atoms with E-state index in [4.69, 9.17) is 4.74 Å². The molecule has 1 N–H and O–H groups in total. The van der Waals surface area contributed by atoms with E-state index in [0.717, 1.165) is 55.7 Å². The van der Waals surface area contributed by atoms with Crippen molar-refractivity contribution in [1.82, 2.24) is 14.9 Å². The SMILES string of the molecule is CO[C@@]12CC[C@H](O)C[C@@H]1N(Cc1cnc(-c3cccc(C)c3)nc1)CC2. The molecule has 2 aromatic rings. The van der Waals surface area contributed by atoms with Gasteiger partial charge >= 0.3 is 0 Å². The quantitative estimate of drug-likeness (QED) is 0.916. The second-order valence-corrected chi connectivity index (χ2v) is 7.72. The number of hydrogen-bond donors (Lipinski definition) is 1. The zero-order chi connectivity index (χ0) is 18.1. The number of fused-ring (bicyclic) bond motifs is 1. The lowest BCUT2D eigenvalue weighted by atomic mass is 9.79. The highest BCUT2D eigenvalue weighted by molar-refractivity contribution is 5.55. The average molecular weight is 353 g/mol. The van der Waals surface area contributed by atoms with Gasteiger partial charge in [0.1, 0.15) is 0 Å². The topological polar surface area (TPSA) is 58.5 Å². The average Bonchev–Trinajstić information content (AvgIpc) is 3.01. The first-order chi connectivity index (χ1) is 12.6. The maximum atomic E-state index is 10.1. The summed E-state index contributed by atoms with van der Waals surface area (Å²) >= 11 is 0. The van der Waals surface area contributed by atoms with Gasteiger partial charge in [0, 0.05) is 49.8 Å². The molecule has 0 unspecified atom stereocenters. The number of aryl methyl sites for hydroxylation is 1. The van der Waals surface area contributed by atoms with Gasteiger partial charge in [0.15, 0.2) is 5.82 Å². The summed E-state index contributed by atoms with van der Waals surface area (Å²) in [4.78, 5) is 11.6. The minimum absolute atomic E-state index is 0.0956. The fourth-order valence-corrected chi connectivity index (χ4v) is 4.56. The molecule has 0 spiro atoms. The van der Waals surface area contributed by atoms with Gasteiger partial charge in [0.2, 0.25) is 0 Å². The van der Waals surface area contributed by atoms with E-state index in [1.165, 1.54) is 5.56 Å². The molecule has 5 nitrogen and oxygen atoms in total. The lowest BCUT2D eigenvalue weighted by Gasteiger charge is -2.42. The Balaban J connectivity index is 1.49. The molecule has 1 saturated heterocycles. The number of methoxy groups -OCH3 is 1. The molecule has 1 aromatic carbocycles. The Hall–Kier alpha value is -1.82. The predicted octanol–water partition coefficient (Wildman–Crippen LogP) is 2.96. The maximum absolute atomic E-state index is 10.1. The van der Waals surface area contributed by atoms with Crippen molar-refractivity contribution in [2.24, 2.45) is 0 Å². The number of aliphatic hydroxyl groups excluding tert-OH is 1. The van der Waals surface area contributed by atoms with E-state index in [0.29, 0.717) is 0 Å². The lowest BCUT2D eigenvalue weighted by Crippen LogP contribution is -2.51. The van der Waals surface area contributed by atoms with E-state index in [1.54, 1.807) is 0 Å². The highest BCUT2D eigenvalue weighted by Gasteiger charge is 2.50. The van der Waals surface area contributed by atoms with Crippen LogP contribution in [0.3, 0.4) is 0 Å². The van der Waals surface area contributed by atoms with Gasteiger partial charge in [-0.25, -0.2) is 9.97 Å². The summed E-state index contributed by atoms with van der Waals surface area (Å²) in [5.41, 5.74) is 3.26. The van der Waals surface area contributed by atoms with Crippen LogP contribution in [0.5, 0.6) is 0 Å². The van der Waals surface area contributed by atoms with Crippen LogP contribution >= 0.6 is 0 Å². The molecule has 1 aliphatic heterocycles. The standard InChI is InChI=1S/C21H27N3O2/c1-15-4-3-5-17(10-15)20-22-12-16(13-23-20)14-24-9-8-21(26-2)7-6-18(25)11-19(21)24/h3-5,10,12-13,18-19,25H,6-9,11,14H2,1-2H3/t18-,19-,21+/m0/s1. The van der Waals surface area contributed by atoms with Crippen LogP contribution in [0.25, 0.3) is 11.4 Å². The van der Waals surface area contributed by atoms with Crippen LogP contribution in [-0.2, 0) is 11.3 Å². The lowest BCUT2D eigenvalue weighted by molar-refractivity contribution is -0.0879. The molecular formula is C21H27N3O2. The van der Waals surface area contributed by atoms with Crippen molar-refractivity contribution in [2.45, 2.75) is 56.9 Å². The third-order valence-corrected chi connectivity index (χ3v) is 6.04. The molecule has 1 aliphatic carbocycles. The normalized spacial score (nSPS) is 28.9. The number of hydrogen-bond acceptors (Lipinski definition) is 5. The molecule has 2 fully saturated rings. The van der Waals surface area contributed by atoms with Gasteiger partial charge in [-0.05, 0) is 38.7 Å². The van der Waals surface area contributed by atoms with Crippen molar-refractivity contribution in [3.05, 3.63) is 47.8 Å². The van der Waals surface area contributed by atoms with Crippen LogP contribution in [0.15, 0.2) is 36.7 Å². The number of aromatic nitrogens is 2. The molecule has 3 atom stereocenters. The Labute approximate surface area is 155 Å². The molecule has 0 radical (unpaired) electrons. The summed E-state index contributed by atoms with van der Waals surface area (Å²) in [6.45, 7) is 3.87. The first-order valence-corrected chi connectivity index (χ1v) is 9.45. The minimum Gasteiger partial charge on any atom is -0.393 e. The van der Waals surface area contributed by atoms with Gasteiger partial charge in [0.05, 0.1) is 11.7 Å². The smallest absolute Gasteiger partial charge is 0.159 e. The number of aliphatic hydroxyl groups is 1. The molecule has 0 bridgehead atoms. The van der Waals surface area contributed by atoms with Crippen molar-refractivity contribution in [3.8, 4) is 11.4 Å². The first-order valence-electron chi connectivity index (χ1n) is 9.45. The third-order valence-electron chi connectivity index (χ3n) is 6.04. The van der Waals surface area contributed by atoms with Gasteiger partial charge in [-0.3, -0.25) is 4.90 Å². The second-order valence-electron chi connectivity index (χ2n) is 7.72. The van der Waals surface area contributed by atoms with E-state index in [2.05, 4.69) is 33.9 Å². The van der Waals surface area contributed by atoms with E-state index in [-0.39, 0.29) is 17.7 Å². The number of rotatable bonds is 4. The molecule has 4 rings (SSSR count). The Morgan fingerprint density at radius 1 is 1.27 bits per heavy atom. The Bertz CT molecular complexity index is 764. The second kappa shape index (κ2) is 7.06. The number of likely N-dealkylation sites (tertiary alicyclic amines) is 1.